The first-order chi connectivity index (χ1) is 26.7. The van der Waals surface area contributed by atoms with Gasteiger partial charge in [-0.3, -0.25) is 4.99 Å². The number of amidine groups is 2. The molecule has 0 spiro atoms. The second-order valence-corrected chi connectivity index (χ2v) is 13.8. The molecule has 5 nitrogen and oxygen atoms in total. The molecule has 2 atom stereocenters. The highest BCUT2D eigenvalue weighted by Crippen LogP contribution is 2.47. The van der Waals surface area contributed by atoms with E-state index in [2.05, 4.69) is 121 Å². The van der Waals surface area contributed by atoms with E-state index in [1.165, 1.54) is 5.56 Å². The predicted molar refractivity (Wildman–Crippen MR) is 221 cm³/mol. The lowest BCUT2D eigenvalue weighted by molar-refractivity contribution is 0.270. The maximum Gasteiger partial charge on any atom is 0.157 e. The Bertz CT molecular complexity index is 2840. The Kier molecular flexibility index (Phi) is 7.76. The zero-order chi connectivity index (χ0) is 36.0. The Morgan fingerprint density at radius 2 is 1.37 bits per heavy atom. The molecule has 5 heteroatoms. The molecule has 2 aliphatic rings. The molecule has 0 radical (unpaired) electrons. The van der Waals surface area contributed by atoms with Crippen LogP contribution in [0.1, 0.15) is 28.2 Å². The minimum absolute atomic E-state index is 0.0243. The van der Waals surface area contributed by atoms with Crippen LogP contribution in [0.25, 0.3) is 55.0 Å². The van der Waals surface area contributed by atoms with E-state index in [1.54, 1.807) is 0 Å². The first kappa shape index (κ1) is 31.7. The summed E-state index contributed by atoms with van der Waals surface area (Å²) in [6, 6.07) is 52.1. The summed E-state index contributed by atoms with van der Waals surface area (Å²) in [6.45, 7) is 0.383. The molecule has 2 unspecified atom stereocenters. The molecule has 10 rings (SSSR count). The molecule has 8 aromatic rings. The molecule has 0 amide bonds. The van der Waals surface area contributed by atoms with E-state index in [9.17, 15) is 0 Å². The van der Waals surface area contributed by atoms with Gasteiger partial charge in [0.1, 0.15) is 28.9 Å². The Morgan fingerprint density at radius 1 is 0.611 bits per heavy atom. The molecule has 0 fully saturated rings. The summed E-state index contributed by atoms with van der Waals surface area (Å²) in [5, 5.41) is 4.34. The predicted octanol–water partition coefficient (Wildman–Crippen LogP) is 11.4. The van der Waals surface area contributed by atoms with Crippen LogP contribution >= 0.6 is 0 Å². The average molecular weight is 698 g/mol. The van der Waals surface area contributed by atoms with Crippen LogP contribution in [-0.4, -0.2) is 17.8 Å². The largest absolute Gasteiger partial charge is 0.484 e. The first-order valence-electron chi connectivity index (χ1n) is 18.3. The van der Waals surface area contributed by atoms with Crippen LogP contribution in [0.3, 0.4) is 0 Å². The second kappa shape index (κ2) is 13.2. The normalized spacial score (nSPS) is 16.5. The van der Waals surface area contributed by atoms with Crippen molar-refractivity contribution in [1.29, 1.82) is 0 Å². The maximum absolute atomic E-state index is 6.74. The molecule has 1 aromatic heterocycles. The van der Waals surface area contributed by atoms with Gasteiger partial charge in [0.15, 0.2) is 5.84 Å². The van der Waals surface area contributed by atoms with Crippen LogP contribution in [0, 0.1) is 0 Å². The summed E-state index contributed by atoms with van der Waals surface area (Å²) < 4.78 is 12.9. The SMILES string of the molecule is N/C(=N\C(=N/Cc1cccc2oc3ccc(-c4cccc5c4OC4C=CC=CC54)cc3c12)c1ccc2ccccc2c1)c1ccc(-c2ccccc2)cc1. The third-order valence-corrected chi connectivity index (χ3v) is 10.6. The summed E-state index contributed by atoms with van der Waals surface area (Å²) in [6.07, 6.45) is 8.56. The molecule has 7 aromatic carbocycles. The third kappa shape index (κ3) is 5.67. The van der Waals surface area contributed by atoms with Crippen molar-refractivity contribution in [2.45, 2.75) is 18.6 Å². The van der Waals surface area contributed by atoms with Crippen LogP contribution in [0.2, 0.25) is 0 Å². The Morgan fingerprint density at radius 3 is 2.26 bits per heavy atom. The molecule has 0 saturated carbocycles. The monoisotopic (exact) mass is 697 g/mol. The van der Waals surface area contributed by atoms with Crippen LogP contribution in [0.4, 0.5) is 0 Å². The first-order valence-corrected chi connectivity index (χ1v) is 18.3. The zero-order valence-corrected chi connectivity index (χ0v) is 29.4. The van der Waals surface area contributed by atoms with Gasteiger partial charge in [-0.1, -0.05) is 146 Å². The molecule has 0 saturated heterocycles. The Hall–Kier alpha value is -6.98. The van der Waals surface area contributed by atoms with Crippen molar-refractivity contribution in [3.05, 3.63) is 198 Å². The van der Waals surface area contributed by atoms with Crippen molar-refractivity contribution < 1.29 is 9.15 Å². The van der Waals surface area contributed by atoms with Crippen molar-refractivity contribution in [3.63, 3.8) is 0 Å². The van der Waals surface area contributed by atoms with Gasteiger partial charge in [-0.25, -0.2) is 4.99 Å². The average Bonchev–Trinajstić information content (AvgIpc) is 3.81. The number of benzene rings is 7. The van der Waals surface area contributed by atoms with E-state index in [0.717, 1.165) is 77.4 Å². The van der Waals surface area contributed by atoms with Gasteiger partial charge in [0.2, 0.25) is 0 Å². The van der Waals surface area contributed by atoms with Gasteiger partial charge in [0.05, 0.1) is 6.54 Å². The smallest absolute Gasteiger partial charge is 0.157 e. The summed E-state index contributed by atoms with van der Waals surface area (Å²) in [5.74, 6) is 2.15. The van der Waals surface area contributed by atoms with Crippen molar-refractivity contribution in [3.8, 4) is 28.0 Å². The number of aliphatic imine (C=N–C) groups is 2. The number of para-hydroxylation sites is 1. The van der Waals surface area contributed by atoms with Crippen LogP contribution < -0.4 is 10.5 Å². The van der Waals surface area contributed by atoms with Crippen LogP contribution in [0.15, 0.2) is 190 Å². The second-order valence-electron chi connectivity index (χ2n) is 13.8. The highest BCUT2D eigenvalue weighted by molar-refractivity contribution is 6.12. The van der Waals surface area contributed by atoms with Gasteiger partial charge in [-0.2, -0.15) is 0 Å². The van der Waals surface area contributed by atoms with Gasteiger partial charge in [-0.05, 0) is 63.4 Å². The summed E-state index contributed by atoms with van der Waals surface area (Å²) in [4.78, 5) is 10.2. The number of nitrogens with two attached hydrogens (primary N) is 1. The summed E-state index contributed by atoms with van der Waals surface area (Å²) >= 11 is 0. The number of fused-ring (bicyclic) bond motifs is 7. The van der Waals surface area contributed by atoms with E-state index in [-0.39, 0.29) is 12.0 Å². The van der Waals surface area contributed by atoms with E-state index in [0.29, 0.717) is 18.2 Å². The van der Waals surface area contributed by atoms with Crippen molar-refractivity contribution in [1.82, 2.24) is 0 Å². The fraction of sp³-hybridized carbons (Fsp3) is 0.0612. The number of rotatable bonds is 6. The highest BCUT2D eigenvalue weighted by Gasteiger charge is 2.33. The number of allylic oxidation sites excluding steroid dienone is 2. The minimum atomic E-state index is 0.0243. The van der Waals surface area contributed by atoms with E-state index in [4.69, 9.17) is 24.9 Å². The van der Waals surface area contributed by atoms with Crippen LogP contribution in [-0.2, 0) is 6.54 Å². The molecular weight excluding hydrogens is 663 g/mol. The standard InChI is InChI=1S/C49H35N3O2/c50-48(34-23-20-33(21-24-34)31-10-2-1-3-11-31)52-49(37-25-22-32-12-4-5-13-35(32)28-37)51-30-38-14-8-19-45-46(38)42-29-36(26-27-44(42)53-45)39-16-9-17-41-40-15-6-7-18-43(40)54-47(39)41/h1-29,40,43H,30H2,(H2,50,51,52). The molecule has 258 valence electrons. The molecule has 2 heterocycles. The van der Waals surface area contributed by atoms with E-state index >= 15 is 0 Å². The van der Waals surface area contributed by atoms with Gasteiger partial charge < -0.3 is 14.9 Å². The molecule has 1 aliphatic heterocycles. The van der Waals surface area contributed by atoms with Gasteiger partial charge in [-0.15, -0.1) is 0 Å². The maximum atomic E-state index is 6.74. The number of hydrogen-bond acceptors (Lipinski definition) is 3. The molecule has 0 bridgehead atoms. The summed E-state index contributed by atoms with van der Waals surface area (Å²) in [7, 11) is 0. The zero-order valence-electron chi connectivity index (χ0n) is 29.4. The van der Waals surface area contributed by atoms with Gasteiger partial charge >= 0.3 is 0 Å². The lowest BCUT2D eigenvalue weighted by Gasteiger charge is -2.14. The summed E-state index contributed by atoms with van der Waals surface area (Å²) in [5.41, 5.74) is 16.8. The quantitative estimate of drug-likeness (QED) is 0.139. The molecule has 1 aliphatic carbocycles. The number of nitrogens with zero attached hydrogens (tertiary/aromatic N) is 2. The molecular formula is C49H35N3O2. The van der Waals surface area contributed by atoms with Gasteiger partial charge in [0, 0.05) is 38.9 Å². The fourth-order valence-electron chi connectivity index (χ4n) is 7.81. The third-order valence-electron chi connectivity index (χ3n) is 10.6. The molecule has 54 heavy (non-hydrogen) atoms. The number of hydrogen-bond donors (Lipinski definition) is 1. The minimum Gasteiger partial charge on any atom is -0.484 e. The van der Waals surface area contributed by atoms with Gasteiger partial charge in [0.25, 0.3) is 0 Å². The highest BCUT2D eigenvalue weighted by atomic mass is 16.5. The number of ether oxygens (including phenoxy) is 1. The van der Waals surface area contributed by atoms with Crippen molar-refractivity contribution in [2.24, 2.45) is 15.7 Å². The molecule has 2 N–H and O–H groups in total. The van der Waals surface area contributed by atoms with Crippen LogP contribution in [0.5, 0.6) is 5.75 Å². The topological polar surface area (TPSA) is 73.1 Å². The lowest BCUT2D eigenvalue weighted by Crippen LogP contribution is -2.16. The van der Waals surface area contributed by atoms with E-state index in [1.807, 2.05) is 54.6 Å². The van der Waals surface area contributed by atoms with Crippen molar-refractivity contribution in [2.75, 3.05) is 0 Å². The fourth-order valence-corrected chi connectivity index (χ4v) is 7.81. The Labute approximate surface area is 313 Å². The van der Waals surface area contributed by atoms with Crippen molar-refractivity contribution >= 4 is 44.4 Å². The van der Waals surface area contributed by atoms with E-state index < -0.39 is 0 Å². The number of furan rings is 1. The Balaban J connectivity index is 1.05. The lowest BCUT2D eigenvalue weighted by atomic mass is 9.90.